The molecule has 0 amide bonds. The minimum atomic E-state index is 0.569. The molecule has 0 aromatic carbocycles. The predicted octanol–water partition coefficient (Wildman–Crippen LogP) is 1.32. The molecule has 0 aliphatic rings. The molecule has 2 aromatic heterocycles. The standard InChI is InChI=1S/C8H7N3O/c9-7-5-11-10-4-6(7)8-2-1-3-12-8/h1-5H,(H2,9,10). The second-order valence-corrected chi connectivity index (χ2v) is 2.34. The van der Waals surface area contributed by atoms with E-state index in [1.165, 1.54) is 6.20 Å². The summed E-state index contributed by atoms with van der Waals surface area (Å²) in [7, 11) is 0. The van der Waals surface area contributed by atoms with Crippen LogP contribution in [-0.4, -0.2) is 10.2 Å². The zero-order valence-corrected chi connectivity index (χ0v) is 6.27. The summed E-state index contributed by atoms with van der Waals surface area (Å²) in [6.07, 6.45) is 4.67. The van der Waals surface area contributed by atoms with Crippen molar-refractivity contribution in [1.82, 2.24) is 10.2 Å². The molecule has 12 heavy (non-hydrogen) atoms. The number of rotatable bonds is 1. The van der Waals surface area contributed by atoms with Crippen LogP contribution in [0.3, 0.4) is 0 Å². The minimum absolute atomic E-state index is 0.569. The van der Waals surface area contributed by atoms with Crippen LogP contribution in [0.4, 0.5) is 5.69 Å². The van der Waals surface area contributed by atoms with E-state index in [1.54, 1.807) is 18.5 Å². The van der Waals surface area contributed by atoms with Crippen molar-refractivity contribution in [3.8, 4) is 11.3 Å². The quantitative estimate of drug-likeness (QED) is 0.685. The van der Waals surface area contributed by atoms with Crippen LogP contribution in [-0.2, 0) is 0 Å². The molecule has 0 atom stereocenters. The summed E-state index contributed by atoms with van der Waals surface area (Å²) in [5.41, 5.74) is 6.99. The predicted molar refractivity (Wildman–Crippen MR) is 44.1 cm³/mol. The fourth-order valence-electron chi connectivity index (χ4n) is 0.968. The van der Waals surface area contributed by atoms with Gasteiger partial charge in [0.1, 0.15) is 5.76 Å². The highest BCUT2D eigenvalue weighted by Crippen LogP contribution is 2.23. The number of nitrogens with zero attached hydrogens (tertiary/aromatic N) is 2. The van der Waals surface area contributed by atoms with Crippen molar-refractivity contribution in [2.45, 2.75) is 0 Å². The Hall–Kier alpha value is -1.84. The number of furan rings is 1. The lowest BCUT2D eigenvalue weighted by molar-refractivity contribution is 0.582. The number of nitrogen functional groups attached to an aromatic ring is 1. The van der Waals surface area contributed by atoms with E-state index < -0.39 is 0 Å². The maximum absolute atomic E-state index is 5.65. The van der Waals surface area contributed by atoms with Gasteiger partial charge in [0.15, 0.2) is 0 Å². The highest BCUT2D eigenvalue weighted by Gasteiger charge is 2.04. The second kappa shape index (κ2) is 2.65. The van der Waals surface area contributed by atoms with Crippen molar-refractivity contribution in [3.63, 3.8) is 0 Å². The molecule has 0 spiro atoms. The molecule has 0 fully saturated rings. The van der Waals surface area contributed by atoms with Crippen molar-refractivity contribution in [2.24, 2.45) is 0 Å². The van der Waals surface area contributed by atoms with Gasteiger partial charge in [0, 0.05) is 0 Å². The topological polar surface area (TPSA) is 64.9 Å². The summed E-state index contributed by atoms with van der Waals surface area (Å²) in [6, 6.07) is 3.63. The van der Waals surface area contributed by atoms with Gasteiger partial charge in [-0.3, -0.25) is 0 Å². The third kappa shape index (κ3) is 1.03. The van der Waals surface area contributed by atoms with Crippen molar-refractivity contribution < 1.29 is 4.42 Å². The molecule has 2 aromatic rings. The van der Waals surface area contributed by atoms with Gasteiger partial charge in [-0.15, -0.1) is 0 Å². The Morgan fingerprint density at radius 1 is 1.25 bits per heavy atom. The maximum atomic E-state index is 5.65. The van der Waals surface area contributed by atoms with Gasteiger partial charge >= 0.3 is 0 Å². The first kappa shape index (κ1) is 6.84. The molecule has 0 saturated carbocycles. The van der Waals surface area contributed by atoms with Crippen LogP contribution >= 0.6 is 0 Å². The molecular formula is C8H7N3O. The smallest absolute Gasteiger partial charge is 0.137 e. The van der Waals surface area contributed by atoms with Crippen molar-refractivity contribution in [3.05, 3.63) is 30.8 Å². The van der Waals surface area contributed by atoms with Gasteiger partial charge in [-0.05, 0) is 12.1 Å². The van der Waals surface area contributed by atoms with E-state index in [4.69, 9.17) is 10.2 Å². The lowest BCUT2D eigenvalue weighted by Crippen LogP contribution is -1.91. The van der Waals surface area contributed by atoms with Gasteiger partial charge in [0.2, 0.25) is 0 Å². The molecule has 4 nitrogen and oxygen atoms in total. The molecule has 2 rings (SSSR count). The van der Waals surface area contributed by atoms with Crippen LogP contribution in [0.15, 0.2) is 35.2 Å². The Morgan fingerprint density at radius 2 is 2.08 bits per heavy atom. The van der Waals surface area contributed by atoms with Crippen LogP contribution in [0.25, 0.3) is 11.3 Å². The van der Waals surface area contributed by atoms with E-state index in [2.05, 4.69) is 10.2 Å². The van der Waals surface area contributed by atoms with Gasteiger partial charge in [0.25, 0.3) is 0 Å². The largest absolute Gasteiger partial charge is 0.464 e. The molecular weight excluding hydrogens is 154 g/mol. The average molecular weight is 161 g/mol. The molecule has 0 radical (unpaired) electrons. The van der Waals surface area contributed by atoms with E-state index >= 15 is 0 Å². The summed E-state index contributed by atoms with van der Waals surface area (Å²) >= 11 is 0. The molecule has 0 unspecified atom stereocenters. The SMILES string of the molecule is Nc1cnncc1-c1ccco1. The number of hydrogen-bond acceptors (Lipinski definition) is 4. The second-order valence-electron chi connectivity index (χ2n) is 2.34. The summed E-state index contributed by atoms with van der Waals surface area (Å²) in [6.45, 7) is 0. The fraction of sp³-hybridized carbons (Fsp3) is 0. The lowest BCUT2D eigenvalue weighted by Gasteiger charge is -1.97. The van der Waals surface area contributed by atoms with E-state index in [9.17, 15) is 0 Å². The van der Waals surface area contributed by atoms with Crippen LogP contribution in [0, 0.1) is 0 Å². The highest BCUT2D eigenvalue weighted by molar-refractivity contribution is 5.70. The summed E-state index contributed by atoms with van der Waals surface area (Å²) in [4.78, 5) is 0. The zero-order chi connectivity index (χ0) is 8.39. The summed E-state index contributed by atoms with van der Waals surface area (Å²) in [5, 5.41) is 7.35. The van der Waals surface area contributed by atoms with Gasteiger partial charge < -0.3 is 10.2 Å². The van der Waals surface area contributed by atoms with E-state index in [0.29, 0.717) is 11.4 Å². The molecule has 0 aliphatic heterocycles. The van der Waals surface area contributed by atoms with Crippen LogP contribution in [0.1, 0.15) is 0 Å². The van der Waals surface area contributed by atoms with Crippen LogP contribution in [0.2, 0.25) is 0 Å². The van der Waals surface area contributed by atoms with Gasteiger partial charge in [0.05, 0.1) is 29.9 Å². The Morgan fingerprint density at radius 3 is 2.75 bits per heavy atom. The first-order valence-corrected chi connectivity index (χ1v) is 3.48. The van der Waals surface area contributed by atoms with Crippen molar-refractivity contribution >= 4 is 5.69 Å². The average Bonchev–Trinajstić information content (AvgIpc) is 2.57. The number of aromatic nitrogens is 2. The zero-order valence-electron chi connectivity index (χ0n) is 6.27. The van der Waals surface area contributed by atoms with E-state index in [1.807, 2.05) is 6.07 Å². The third-order valence-corrected chi connectivity index (χ3v) is 1.55. The monoisotopic (exact) mass is 161 g/mol. The van der Waals surface area contributed by atoms with Gasteiger partial charge in [-0.25, -0.2) is 0 Å². The van der Waals surface area contributed by atoms with Crippen LogP contribution < -0.4 is 5.73 Å². The Kier molecular flexibility index (Phi) is 1.51. The third-order valence-electron chi connectivity index (χ3n) is 1.55. The number of hydrogen-bond donors (Lipinski definition) is 1. The van der Waals surface area contributed by atoms with Crippen molar-refractivity contribution in [2.75, 3.05) is 5.73 Å². The molecule has 2 heterocycles. The van der Waals surface area contributed by atoms with E-state index in [0.717, 1.165) is 5.56 Å². The lowest BCUT2D eigenvalue weighted by atomic mass is 10.2. The molecule has 0 bridgehead atoms. The Bertz CT molecular complexity index is 370. The van der Waals surface area contributed by atoms with Gasteiger partial charge in [-0.2, -0.15) is 10.2 Å². The van der Waals surface area contributed by atoms with E-state index in [-0.39, 0.29) is 0 Å². The Labute approximate surface area is 69.0 Å². The van der Waals surface area contributed by atoms with Crippen LogP contribution in [0.5, 0.6) is 0 Å². The number of anilines is 1. The normalized spacial score (nSPS) is 10.0. The molecule has 0 saturated heterocycles. The molecule has 2 N–H and O–H groups in total. The molecule has 0 aliphatic carbocycles. The highest BCUT2D eigenvalue weighted by atomic mass is 16.3. The molecule has 4 heteroatoms. The summed E-state index contributed by atoms with van der Waals surface area (Å²) in [5.74, 6) is 0.711. The first-order valence-electron chi connectivity index (χ1n) is 3.48. The Balaban J connectivity index is 2.55. The van der Waals surface area contributed by atoms with Crippen molar-refractivity contribution in [1.29, 1.82) is 0 Å². The molecule has 60 valence electrons. The van der Waals surface area contributed by atoms with Gasteiger partial charge in [-0.1, -0.05) is 0 Å². The maximum Gasteiger partial charge on any atom is 0.137 e. The first-order chi connectivity index (χ1) is 5.88. The fourth-order valence-corrected chi connectivity index (χ4v) is 0.968. The number of nitrogens with two attached hydrogens (primary N) is 1. The summed E-state index contributed by atoms with van der Waals surface area (Å²) < 4.78 is 5.15. The minimum Gasteiger partial charge on any atom is -0.464 e.